The molecule has 0 unspecified atom stereocenters. The lowest BCUT2D eigenvalue weighted by Crippen LogP contribution is -2.63. The first-order valence-corrected chi connectivity index (χ1v) is 12.0. The summed E-state index contributed by atoms with van der Waals surface area (Å²) in [6.07, 6.45) is -6.39. The van der Waals surface area contributed by atoms with Gasteiger partial charge in [-0.3, -0.25) is 19.2 Å². The van der Waals surface area contributed by atoms with Crippen molar-refractivity contribution in [2.24, 2.45) is 5.92 Å². The molecule has 0 spiro atoms. The third-order valence-electron chi connectivity index (χ3n) is 6.06. The summed E-state index contributed by atoms with van der Waals surface area (Å²) in [4.78, 5) is 59.5. The van der Waals surface area contributed by atoms with Crippen molar-refractivity contribution in [3.8, 4) is 0 Å². The molecule has 206 valence electrons. The van der Waals surface area contributed by atoms with E-state index in [1.54, 1.807) is 0 Å². The Hall–Kier alpha value is -3.03. The summed E-state index contributed by atoms with van der Waals surface area (Å²) in [5.74, 6) is -3.63. The van der Waals surface area contributed by atoms with Gasteiger partial charge in [0.15, 0.2) is 24.6 Å². The van der Waals surface area contributed by atoms with Gasteiger partial charge >= 0.3 is 29.8 Å². The topological polar surface area (TPSA) is 159 Å². The van der Waals surface area contributed by atoms with Crippen molar-refractivity contribution in [3.63, 3.8) is 0 Å². The number of rotatable bonds is 8. The predicted octanol–water partition coefficient (Wildman–Crippen LogP) is 0.712. The molecule has 0 amide bonds. The molecule has 0 aliphatic carbocycles. The zero-order chi connectivity index (χ0) is 27.3. The van der Waals surface area contributed by atoms with Gasteiger partial charge in [0.1, 0.15) is 12.7 Å². The highest BCUT2D eigenvalue weighted by atomic mass is 16.8. The zero-order valence-corrected chi connectivity index (χ0v) is 21.4. The van der Waals surface area contributed by atoms with Crippen molar-refractivity contribution in [3.05, 3.63) is 11.1 Å². The van der Waals surface area contributed by atoms with Crippen LogP contribution in [-0.4, -0.2) is 86.7 Å². The Morgan fingerprint density at radius 2 is 1.49 bits per heavy atom. The van der Waals surface area contributed by atoms with Gasteiger partial charge in [0, 0.05) is 40.0 Å². The molecule has 0 N–H and O–H groups in total. The van der Waals surface area contributed by atoms with E-state index in [9.17, 15) is 24.0 Å². The first-order valence-electron chi connectivity index (χ1n) is 12.0. The highest BCUT2D eigenvalue weighted by Crippen LogP contribution is 2.38. The lowest BCUT2D eigenvalue weighted by atomic mass is 9.86. The van der Waals surface area contributed by atoms with Gasteiger partial charge in [-0.2, -0.15) is 0 Å². The molecule has 1 saturated heterocycles. The first-order chi connectivity index (χ1) is 17.5. The summed E-state index contributed by atoms with van der Waals surface area (Å²) in [7, 11) is 0. The number of carbonyl (C=O) groups is 5. The van der Waals surface area contributed by atoms with Crippen LogP contribution in [0.15, 0.2) is 11.1 Å². The lowest BCUT2D eigenvalue weighted by molar-refractivity contribution is -0.345. The molecule has 13 heteroatoms. The molecule has 0 radical (unpaired) electrons. The van der Waals surface area contributed by atoms with Crippen LogP contribution >= 0.6 is 0 Å². The van der Waals surface area contributed by atoms with Gasteiger partial charge in [-0.1, -0.05) is 6.92 Å². The van der Waals surface area contributed by atoms with Crippen LogP contribution < -0.4 is 0 Å². The van der Waals surface area contributed by atoms with Crippen molar-refractivity contribution in [2.45, 2.75) is 84.5 Å². The van der Waals surface area contributed by atoms with Gasteiger partial charge in [0.25, 0.3) is 0 Å². The summed E-state index contributed by atoms with van der Waals surface area (Å²) in [6, 6.07) is 0. The number of cyclic esters (lactones) is 1. The summed E-state index contributed by atoms with van der Waals surface area (Å²) < 4.78 is 44.4. The van der Waals surface area contributed by atoms with Crippen molar-refractivity contribution in [1.29, 1.82) is 0 Å². The molecule has 0 bridgehead atoms. The van der Waals surface area contributed by atoms with Crippen molar-refractivity contribution < 1.29 is 61.9 Å². The lowest BCUT2D eigenvalue weighted by Gasteiger charge is -2.46. The van der Waals surface area contributed by atoms with Gasteiger partial charge in [-0.25, -0.2) is 4.79 Å². The maximum atomic E-state index is 12.2. The summed E-state index contributed by atoms with van der Waals surface area (Å²) in [6.45, 7) is 6.31. The maximum absolute atomic E-state index is 12.2. The Morgan fingerprint density at radius 3 is 2.08 bits per heavy atom. The monoisotopic (exact) mass is 528 g/mol. The Morgan fingerprint density at radius 1 is 0.865 bits per heavy atom. The number of carbonyl (C=O) groups excluding carboxylic acids is 5. The molecule has 0 aromatic carbocycles. The van der Waals surface area contributed by atoms with Crippen LogP contribution in [0.4, 0.5) is 0 Å². The van der Waals surface area contributed by atoms with Crippen LogP contribution in [0.1, 0.15) is 47.5 Å². The summed E-state index contributed by atoms with van der Waals surface area (Å²) in [5, 5.41) is 0. The Balaban J connectivity index is 1.95. The fourth-order valence-electron chi connectivity index (χ4n) is 4.63. The Bertz CT molecular complexity index is 941. The van der Waals surface area contributed by atoms with Crippen molar-refractivity contribution in [2.75, 3.05) is 19.8 Å². The largest absolute Gasteiger partial charge is 0.463 e. The van der Waals surface area contributed by atoms with Crippen LogP contribution in [0.5, 0.6) is 0 Å². The van der Waals surface area contributed by atoms with Crippen LogP contribution in [0.3, 0.4) is 0 Å². The van der Waals surface area contributed by atoms with Gasteiger partial charge in [0.2, 0.25) is 6.29 Å². The molecule has 1 fully saturated rings. The third kappa shape index (κ3) is 7.05. The molecule has 37 heavy (non-hydrogen) atoms. The minimum absolute atomic E-state index is 0.0550. The second kappa shape index (κ2) is 12.5. The van der Waals surface area contributed by atoms with E-state index in [4.69, 9.17) is 37.9 Å². The van der Waals surface area contributed by atoms with Gasteiger partial charge in [-0.15, -0.1) is 0 Å². The number of hydrogen-bond acceptors (Lipinski definition) is 13. The number of esters is 5. The number of ether oxygens (including phenoxy) is 8. The second-order valence-corrected chi connectivity index (χ2v) is 8.79. The van der Waals surface area contributed by atoms with E-state index in [0.717, 1.165) is 26.3 Å². The Labute approximate surface area is 213 Å². The molecular formula is C24H32O13. The quantitative estimate of drug-likeness (QED) is 0.320. The SMILES string of the molecule is CC[C@@H]1C2=C(CO[C@H]1O[C@@H]1O[C@H](COC(C)=O)[C@@H](OC(C)=O)[C@H](OC(C)=O)[C@H]1OC(C)=O)C(=O)OCC2. The molecule has 0 saturated carbocycles. The van der Waals surface area contributed by atoms with Crippen LogP contribution in [0.25, 0.3) is 0 Å². The Kier molecular flexibility index (Phi) is 9.62. The second-order valence-electron chi connectivity index (χ2n) is 8.79. The average molecular weight is 529 g/mol. The fourth-order valence-corrected chi connectivity index (χ4v) is 4.63. The predicted molar refractivity (Wildman–Crippen MR) is 119 cm³/mol. The van der Waals surface area contributed by atoms with E-state index < -0.39 is 66.8 Å². The van der Waals surface area contributed by atoms with Crippen molar-refractivity contribution in [1.82, 2.24) is 0 Å². The van der Waals surface area contributed by atoms with Gasteiger partial charge < -0.3 is 37.9 Å². The van der Waals surface area contributed by atoms with Crippen molar-refractivity contribution >= 4 is 29.8 Å². The van der Waals surface area contributed by atoms with E-state index in [1.807, 2.05) is 6.92 Å². The molecule has 13 nitrogen and oxygen atoms in total. The first kappa shape index (κ1) is 28.5. The molecule has 3 rings (SSSR count). The van der Waals surface area contributed by atoms with E-state index in [0.29, 0.717) is 18.4 Å². The highest BCUT2D eigenvalue weighted by molar-refractivity contribution is 5.90. The van der Waals surface area contributed by atoms with E-state index in [-0.39, 0.29) is 25.7 Å². The molecule has 3 aliphatic heterocycles. The van der Waals surface area contributed by atoms with E-state index in [1.165, 1.54) is 6.92 Å². The highest BCUT2D eigenvalue weighted by Gasteiger charge is 2.54. The standard InChI is InChI=1S/C24H32O13/c1-6-15-16-7-8-30-22(29)17(16)9-32-23(15)37-24-21(35-14(5)28)20(34-13(4)27)19(33-12(3)26)18(36-24)10-31-11(2)25/h15,18-21,23-24H,6-10H2,1-5H3/t15-,18-,19-,20+,21-,23+,24+/m1/s1. The summed E-state index contributed by atoms with van der Waals surface area (Å²) in [5.41, 5.74) is 1.29. The normalized spacial score (nSPS) is 31.5. The zero-order valence-electron chi connectivity index (χ0n) is 21.4. The van der Waals surface area contributed by atoms with Gasteiger partial charge in [0.05, 0.1) is 18.8 Å². The van der Waals surface area contributed by atoms with Gasteiger partial charge in [-0.05, 0) is 12.0 Å². The fraction of sp³-hybridized carbons (Fsp3) is 0.708. The van der Waals surface area contributed by atoms with E-state index in [2.05, 4.69) is 0 Å². The molecule has 3 heterocycles. The van der Waals surface area contributed by atoms with E-state index >= 15 is 0 Å². The third-order valence-corrected chi connectivity index (χ3v) is 6.06. The molecule has 7 atom stereocenters. The van der Waals surface area contributed by atoms with Crippen LogP contribution in [-0.2, 0) is 61.9 Å². The minimum atomic E-state index is -1.38. The average Bonchev–Trinajstić information content (AvgIpc) is 2.80. The molecule has 0 aromatic heterocycles. The summed E-state index contributed by atoms with van der Waals surface area (Å²) >= 11 is 0. The van der Waals surface area contributed by atoms with Crippen LogP contribution in [0.2, 0.25) is 0 Å². The minimum Gasteiger partial charge on any atom is -0.463 e. The molecule has 0 aromatic rings. The molecular weight excluding hydrogens is 496 g/mol. The van der Waals surface area contributed by atoms with Crippen LogP contribution in [0, 0.1) is 5.92 Å². The smallest absolute Gasteiger partial charge is 0.336 e. The molecule has 3 aliphatic rings. The maximum Gasteiger partial charge on any atom is 0.336 e. The number of hydrogen-bond donors (Lipinski definition) is 0.